The van der Waals surface area contributed by atoms with E-state index in [2.05, 4.69) is 0 Å². The number of hydrogen-bond acceptors (Lipinski definition) is 5. The molecule has 1 aromatic heterocycles. The highest BCUT2D eigenvalue weighted by atomic mass is 16.7. The van der Waals surface area contributed by atoms with Crippen LogP contribution in [0.3, 0.4) is 0 Å². The van der Waals surface area contributed by atoms with Crippen LogP contribution in [0.5, 0.6) is 0 Å². The number of furan rings is 1. The van der Waals surface area contributed by atoms with Crippen molar-refractivity contribution in [3.05, 3.63) is 47.7 Å². The van der Waals surface area contributed by atoms with Gasteiger partial charge in [0.2, 0.25) is 0 Å². The lowest BCUT2D eigenvalue weighted by Crippen LogP contribution is -2.32. The highest BCUT2D eigenvalue weighted by Gasteiger charge is 2.16. The van der Waals surface area contributed by atoms with Crippen LogP contribution in [0.1, 0.15) is 17.6 Å². The van der Waals surface area contributed by atoms with E-state index in [4.69, 9.17) is 24.7 Å². The van der Waals surface area contributed by atoms with Gasteiger partial charge in [0.05, 0.1) is 0 Å². The number of hydrogen-bond donors (Lipinski definition) is 2. The molecule has 2 aromatic rings. The molecule has 0 fully saturated rings. The fourth-order valence-electron chi connectivity index (χ4n) is 2.15. The number of rotatable bonds is 7. The van der Waals surface area contributed by atoms with E-state index in [9.17, 15) is 4.79 Å². The second-order valence-corrected chi connectivity index (χ2v) is 4.84. The van der Waals surface area contributed by atoms with Gasteiger partial charge in [-0.25, -0.2) is 0 Å². The molecule has 22 heavy (non-hydrogen) atoms. The lowest BCUT2D eigenvalue weighted by molar-refractivity contribution is -0.138. The Morgan fingerprint density at radius 3 is 2.64 bits per heavy atom. The fraction of sp³-hybridized carbons (Fsp3) is 0.312. The lowest BCUT2D eigenvalue weighted by Gasteiger charge is -2.14. The van der Waals surface area contributed by atoms with Crippen LogP contribution in [0.2, 0.25) is 0 Å². The summed E-state index contributed by atoms with van der Waals surface area (Å²) in [6.45, 7) is 0. The van der Waals surface area contributed by atoms with Crippen molar-refractivity contribution in [2.24, 2.45) is 5.73 Å². The van der Waals surface area contributed by atoms with E-state index in [1.807, 2.05) is 24.3 Å². The van der Waals surface area contributed by atoms with Crippen LogP contribution < -0.4 is 5.73 Å². The van der Waals surface area contributed by atoms with E-state index in [-0.39, 0.29) is 6.42 Å². The average molecular weight is 305 g/mol. The van der Waals surface area contributed by atoms with Crippen molar-refractivity contribution in [3.8, 4) is 11.3 Å². The molecule has 6 heteroatoms. The van der Waals surface area contributed by atoms with Gasteiger partial charge in [0.15, 0.2) is 6.29 Å². The zero-order valence-electron chi connectivity index (χ0n) is 12.5. The van der Waals surface area contributed by atoms with E-state index in [1.54, 1.807) is 26.4 Å². The molecule has 0 aliphatic rings. The van der Waals surface area contributed by atoms with Gasteiger partial charge in [0.1, 0.15) is 17.6 Å². The van der Waals surface area contributed by atoms with Crippen molar-refractivity contribution < 1.29 is 23.8 Å². The molecule has 1 atom stereocenters. The second kappa shape index (κ2) is 7.22. The summed E-state index contributed by atoms with van der Waals surface area (Å²) >= 11 is 0. The van der Waals surface area contributed by atoms with Crippen molar-refractivity contribution >= 4 is 5.97 Å². The van der Waals surface area contributed by atoms with Gasteiger partial charge < -0.3 is 24.7 Å². The summed E-state index contributed by atoms with van der Waals surface area (Å²) in [5.41, 5.74) is 7.22. The molecule has 1 heterocycles. The van der Waals surface area contributed by atoms with Crippen molar-refractivity contribution in [1.82, 2.24) is 0 Å². The van der Waals surface area contributed by atoms with Gasteiger partial charge in [0, 0.05) is 31.8 Å². The van der Waals surface area contributed by atoms with E-state index < -0.39 is 18.3 Å². The van der Waals surface area contributed by atoms with Crippen LogP contribution in [0.25, 0.3) is 11.3 Å². The van der Waals surface area contributed by atoms with Gasteiger partial charge in [-0.1, -0.05) is 18.2 Å². The summed E-state index contributed by atoms with van der Waals surface area (Å²) in [5, 5.41) is 8.82. The Morgan fingerprint density at radius 1 is 1.27 bits per heavy atom. The number of nitrogens with two attached hydrogens (primary N) is 1. The highest BCUT2D eigenvalue weighted by molar-refractivity contribution is 5.73. The molecule has 6 nitrogen and oxygen atoms in total. The van der Waals surface area contributed by atoms with Crippen molar-refractivity contribution in [2.75, 3.05) is 14.2 Å². The molecular weight excluding hydrogens is 286 g/mol. The Kier molecular flexibility index (Phi) is 5.32. The van der Waals surface area contributed by atoms with E-state index in [0.717, 1.165) is 11.1 Å². The van der Waals surface area contributed by atoms with E-state index in [1.165, 1.54) is 0 Å². The summed E-state index contributed by atoms with van der Waals surface area (Å²) in [4.78, 5) is 10.8. The van der Waals surface area contributed by atoms with Gasteiger partial charge >= 0.3 is 5.97 Å². The maximum atomic E-state index is 10.8. The third-order valence-corrected chi connectivity index (χ3v) is 3.27. The number of benzene rings is 1. The minimum Gasteiger partial charge on any atom is -0.480 e. The highest BCUT2D eigenvalue weighted by Crippen LogP contribution is 2.27. The van der Waals surface area contributed by atoms with Gasteiger partial charge in [-0.05, 0) is 18.2 Å². The third kappa shape index (κ3) is 3.73. The fourth-order valence-corrected chi connectivity index (χ4v) is 2.15. The second-order valence-electron chi connectivity index (χ2n) is 4.84. The van der Waals surface area contributed by atoms with Gasteiger partial charge in [-0.2, -0.15) is 0 Å². The van der Waals surface area contributed by atoms with Gasteiger partial charge in [-0.15, -0.1) is 0 Å². The van der Waals surface area contributed by atoms with Gasteiger partial charge in [0.25, 0.3) is 0 Å². The predicted octanol–water partition coefficient (Wildman–Crippen LogP) is 2.19. The zero-order valence-corrected chi connectivity index (χ0v) is 12.5. The molecule has 0 bridgehead atoms. The maximum Gasteiger partial charge on any atom is 0.320 e. The first-order chi connectivity index (χ1) is 10.5. The van der Waals surface area contributed by atoms with Crippen molar-refractivity contribution in [1.29, 1.82) is 0 Å². The molecule has 0 saturated carbocycles. The first kappa shape index (κ1) is 16.2. The van der Waals surface area contributed by atoms with Crippen LogP contribution in [0.15, 0.2) is 40.8 Å². The smallest absolute Gasteiger partial charge is 0.320 e. The molecule has 2 rings (SSSR count). The van der Waals surface area contributed by atoms with Gasteiger partial charge in [-0.3, -0.25) is 4.79 Å². The van der Waals surface area contributed by atoms with Crippen LogP contribution in [-0.4, -0.2) is 31.3 Å². The molecule has 0 radical (unpaired) electrons. The number of methoxy groups -OCH3 is 2. The Bertz CT molecular complexity index is 633. The predicted molar refractivity (Wildman–Crippen MR) is 80.2 cm³/mol. The zero-order chi connectivity index (χ0) is 16.1. The summed E-state index contributed by atoms with van der Waals surface area (Å²) in [7, 11) is 3.14. The largest absolute Gasteiger partial charge is 0.480 e. The summed E-state index contributed by atoms with van der Waals surface area (Å²) in [6, 6.07) is 10.1. The third-order valence-electron chi connectivity index (χ3n) is 3.27. The monoisotopic (exact) mass is 305 g/mol. The van der Waals surface area contributed by atoms with E-state index >= 15 is 0 Å². The maximum absolute atomic E-state index is 10.8. The quantitative estimate of drug-likeness (QED) is 0.761. The minimum atomic E-state index is -1.05. The lowest BCUT2D eigenvalue weighted by atomic mass is 10.1. The molecule has 0 saturated heterocycles. The van der Waals surface area contributed by atoms with Crippen LogP contribution in [0.4, 0.5) is 0 Å². The molecule has 0 spiro atoms. The number of carboxylic acid groups (broad SMARTS) is 1. The molecule has 118 valence electrons. The normalized spacial score (nSPS) is 12.5. The molecular formula is C16H19NO5. The minimum absolute atomic E-state index is 0.147. The van der Waals surface area contributed by atoms with Crippen molar-refractivity contribution in [2.45, 2.75) is 18.8 Å². The molecule has 1 aromatic carbocycles. The molecule has 0 aliphatic heterocycles. The first-order valence-corrected chi connectivity index (χ1v) is 6.78. The number of aliphatic carboxylic acids is 1. The standard InChI is InChI=1S/C16H19NO5/c1-20-16(21-2)11-5-3-4-10(8-11)14-7-6-12(22-14)9-13(17)15(18)19/h3-8,13,16H,9,17H2,1-2H3,(H,18,19). The Labute approximate surface area is 128 Å². The summed E-state index contributed by atoms with van der Waals surface area (Å²) in [6.07, 6.45) is -0.303. The summed E-state index contributed by atoms with van der Waals surface area (Å²) in [5.74, 6) is 0.119. The molecule has 1 unspecified atom stereocenters. The van der Waals surface area contributed by atoms with Crippen LogP contribution in [0, 0.1) is 0 Å². The number of ether oxygens (including phenoxy) is 2. The van der Waals surface area contributed by atoms with E-state index in [0.29, 0.717) is 11.5 Å². The average Bonchev–Trinajstić information content (AvgIpc) is 2.97. The number of carbonyl (C=O) groups is 1. The Morgan fingerprint density at radius 2 is 2.00 bits per heavy atom. The van der Waals surface area contributed by atoms with Crippen LogP contribution in [-0.2, 0) is 20.7 Å². The molecule has 3 N–H and O–H groups in total. The van der Waals surface area contributed by atoms with Crippen molar-refractivity contribution in [3.63, 3.8) is 0 Å². The topological polar surface area (TPSA) is 94.9 Å². The Balaban J connectivity index is 2.20. The molecule has 0 amide bonds. The first-order valence-electron chi connectivity index (χ1n) is 6.78. The molecule has 0 aliphatic carbocycles. The SMILES string of the molecule is COC(OC)c1cccc(-c2ccc(CC(N)C(=O)O)o2)c1. The summed E-state index contributed by atoms with van der Waals surface area (Å²) < 4.78 is 16.1. The number of carboxylic acids is 1. The Hall–Kier alpha value is -2.15. The van der Waals surface area contributed by atoms with Crippen LogP contribution >= 0.6 is 0 Å².